The Hall–Kier alpha value is -3.28. The molecular formula is C22H23N3O3. The number of hydrogen-bond acceptors (Lipinski definition) is 3. The van der Waals surface area contributed by atoms with Crippen LogP contribution in [-0.2, 0) is 11.2 Å². The molecule has 0 saturated heterocycles. The first kappa shape index (κ1) is 18.1. The van der Waals surface area contributed by atoms with Crippen molar-refractivity contribution in [2.45, 2.75) is 19.4 Å². The molecule has 2 N–H and O–H groups in total. The van der Waals surface area contributed by atoms with Crippen LogP contribution in [-0.4, -0.2) is 37.0 Å². The van der Waals surface area contributed by atoms with Crippen LogP contribution in [0.15, 0.2) is 59.8 Å². The number of carbonyl (C=O) groups is 2. The van der Waals surface area contributed by atoms with E-state index < -0.39 is 6.04 Å². The quantitative estimate of drug-likeness (QED) is 0.842. The summed E-state index contributed by atoms with van der Waals surface area (Å²) >= 11 is 0. The van der Waals surface area contributed by atoms with E-state index in [1.165, 1.54) is 0 Å². The first-order chi connectivity index (χ1) is 13.6. The van der Waals surface area contributed by atoms with Gasteiger partial charge in [0.25, 0.3) is 5.91 Å². The third-order valence-corrected chi connectivity index (χ3v) is 5.35. The lowest BCUT2D eigenvalue weighted by atomic mass is 9.93. The summed E-state index contributed by atoms with van der Waals surface area (Å²) in [4.78, 5) is 27.1. The zero-order valence-corrected chi connectivity index (χ0v) is 16.0. The SMILES string of the molecule is COc1ccc(CCN2CC3=C(C2=O)[C@H](c2ccccc2C)NC(=O)N3)cc1. The van der Waals surface area contributed by atoms with E-state index in [4.69, 9.17) is 4.74 Å². The Balaban J connectivity index is 1.52. The van der Waals surface area contributed by atoms with Crippen molar-refractivity contribution in [2.24, 2.45) is 0 Å². The summed E-state index contributed by atoms with van der Waals surface area (Å²) in [7, 11) is 1.64. The van der Waals surface area contributed by atoms with E-state index >= 15 is 0 Å². The second kappa shape index (κ2) is 7.38. The van der Waals surface area contributed by atoms with Crippen molar-refractivity contribution in [3.63, 3.8) is 0 Å². The molecule has 4 rings (SSSR count). The van der Waals surface area contributed by atoms with Gasteiger partial charge in [-0.3, -0.25) is 4.79 Å². The highest BCUT2D eigenvalue weighted by molar-refractivity contribution is 6.01. The maximum atomic E-state index is 13.1. The highest BCUT2D eigenvalue weighted by Crippen LogP contribution is 2.33. The molecule has 2 aliphatic heterocycles. The Morgan fingerprint density at radius 1 is 1.11 bits per heavy atom. The van der Waals surface area contributed by atoms with Gasteiger partial charge >= 0.3 is 6.03 Å². The molecule has 2 aliphatic rings. The second-order valence-corrected chi connectivity index (χ2v) is 7.11. The highest BCUT2D eigenvalue weighted by Gasteiger charge is 2.40. The number of methoxy groups -OCH3 is 1. The fourth-order valence-corrected chi connectivity index (χ4v) is 3.81. The van der Waals surface area contributed by atoms with Crippen molar-refractivity contribution >= 4 is 11.9 Å². The van der Waals surface area contributed by atoms with Crippen molar-refractivity contribution < 1.29 is 14.3 Å². The molecule has 2 heterocycles. The maximum Gasteiger partial charge on any atom is 0.319 e. The molecule has 0 saturated carbocycles. The van der Waals surface area contributed by atoms with E-state index in [0.29, 0.717) is 24.4 Å². The van der Waals surface area contributed by atoms with Gasteiger partial charge in [0.2, 0.25) is 0 Å². The lowest BCUT2D eigenvalue weighted by molar-refractivity contribution is -0.125. The van der Waals surface area contributed by atoms with Crippen molar-refractivity contribution in [3.05, 3.63) is 76.5 Å². The number of nitrogens with zero attached hydrogens (tertiary/aromatic N) is 1. The van der Waals surface area contributed by atoms with E-state index in [9.17, 15) is 9.59 Å². The maximum absolute atomic E-state index is 13.1. The van der Waals surface area contributed by atoms with Gasteiger partial charge in [-0.1, -0.05) is 36.4 Å². The molecule has 6 nitrogen and oxygen atoms in total. The van der Waals surface area contributed by atoms with Crippen molar-refractivity contribution in [2.75, 3.05) is 20.2 Å². The van der Waals surface area contributed by atoms with Crippen LogP contribution < -0.4 is 15.4 Å². The van der Waals surface area contributed by atoms with E-state index in [0.717, 1.165) is 28.9 Å². The number of hydrogen-bond donors (Lipinski definition) is 2. The standard InChI is InChI=1S/C22H23N3O3/c1-14-5-3-4-6-17(14)20-19-18(23-22(27)24-20)13-25(21(19)26)12-11-15-7-9-16(28-2)10-8-15/h3-10,20H,11-13H2,1-2H3,(H2,23,24,27)/t20-/m0/s1. The summed E-state index contributed by atoms with van der Waals surface area (Å²) in [5, 5.41) is 5.73. The van der Waals surface area contributed by atoms with E-state index in [1.807, 2.05) is 55.5 Å². The average Bonchev–Trinajstić information content (AvgIpc) is 3.02. The van der Waals surface area contributed by atoms with Crippen LogP contribution in [0.2, 0.25) is 0 Å². The Bertz CT molecular complexity index is 950. The van der Waals surface area contributed by atoms with E-state index in [2.05, 4.69) is 10.6 Å². The molecule has 2 aromatic carbocycles. The van der Waals surface area contributed by atoms with Crippen molar-refractivity contribution in [1.82, 2.24) is 15.5 Å². The molecule has 6 heteroatoms. The number of rotatable bonds is 5. The zero-order chi connectivity index (χ0) is 19.7. The summed E-state index contributed by atoms with van der Waals surface area (Å²) in [5.74, 6) is 0.789. The smallest absolute Gasteiger partial charge is 0.319 e. The van der Waals surface area contributed by atoms with Crippen LogP contribution in [0.5, 0.6) is 5.75 Å². The highest BCUT2D eigenvalue weighted by atomic mass is 16.5. The Morgan fingerprint density at radius 2 is 1.86 bits per heavy atom. The third kappa shape index (κ3) is 3.33. The summed E-state index contributed by atoms with van der Waals surface area (Å²) in [6, 6.07) is 15.0. The predicted octanol–water partition coefficient (Wildman–Crippen LogP) is 2.70. The fraction of sp³-hybridized carbons (Fsp3) is 0.273. The predicted molar refractivity (Wildman–Crippen MR) is 106 cm³/mol. The Labute approximate surface area is 164 Å². The molecule has 28 heavy (non-hydrogen) atoms. The summed E-state index contributed by atoms with van der Waals surface area (Å²) < 4.78 is 5.18. The summed E-state index contributed by atoms with van der Waals surface area (Å²) in [6.45, 7) is 3.01. The molecule has 0 aliphatic carbocycles. The van der Waals surface area contributed by atoms with Gasteiger partial charge in [0.1, 0.15) is 5.75 Å². The number of benzene rings is 2. The molecule has 144 valence electrons. The molecule has 0 aromatic heterocycles. The van der Waals surface area contributed by atoms with Crippen LogP contribution in [0.4, 0.5) is 4.79 Å². The van der Waals surface area contributed by atoms with Crippen molar-refractivity contribution in [3.8, 4) is 5.75 Å². The van der Waals surface area contributed by atoms with Crippen LogP contribution in [0.1, 0.15) is 22.7 Å². The Kier molecular flexibility index (Phi) is 4.77. The minimum absolute atomic E-state index is 0.0238. The van der Waals surface area contributed by atoms with Crippen LogP contribution in [0.3, 0.4) is 0 Å². The number of nitrogens with one attached hydrogen (secondary N) is 2. The molecule has 0 spiro atoms. The molecule has 0 radical (unpaired) electrons. The summed E-state index contributed by atoms with van der Waals surface area (Å²) in [6.07, 6.45) is 0.743. The molecule has 0 fully saturated rings. The van der Waals surface area contributed by atoms with Gasteiger partial charge in [0, 0.05) is 6.54 Å². The topological polar surface area (TPSA) is 70.7 Å². The average molecular weight is 377 g/mol. The van der Waals surface area contributed by atoms with E-state index in [1.54, 1.807) is 12.0 Å². The Morgan fingerprint density at radius 3 is 2.57 bits per heavy atom. The van der Waals surface area contributed by atoms with Crippen LogP contribution >= 0.6 is 0 Å². The van der Waals surface area contributed by atoms with Gasteiger partial charge in [-0.15, -0.1) is 0 Å². The zero-order valence-electron chi connectivity index (χ0n) is 16.0. The molecule has 3 amide bonds. The van der Waals surface area contributed by atoms with Gasteiger partial charge in [-0.2, -0.15) is 0 Å². The third-order valence-electron chi connectivity index (χ3n) is 5.35. The van der Waals surface area contributed by atoms with Gasteiger partial charge in [0.05, 0.1) is 31.0 Å². The molecule has 0 unspecified atom stereocenters. The number of amides is 3. The minimum Gasteiger partial charge on any atom is -0.497 e. The number of carbonyl (C=O) groups excluding carboxylic acids is 2. The molecule has 0 bridgehead atoms. The van der Waals surface area contributed by atoms with Crippen LogP contribution in [0, 0.1) is 6.92 Å². The monoisotopic (exact) mass is 377 g/mol. The van der Waals surface area contributed by atoms with E-state index in [-0.39, 0.29) is 11.9 Å². The normalized spacial score (nSPS) is 18.6. The second-order valence-electron chi connectivity index (χ2n) is 7.11. The lowest BCUT2D eigenvalue weighted by Gasteiger charge is -2.26. The molecular weight excluding hydrogens is 354 g/mol. The van der Waals surface area contributed by atoms with Gasteiger partial charge in [0.15, 0.2) is 0 Å². The van der Waals surface area contributed by atoms with Crippen LogP contribution in [0.25, 0.3) is 0 Å². The molecule has 1 atom stereocenters. The summed E-state index contributed by atoms with van der Waals surface area (Å²) in [5.41, 5.74) is 4.48. The van der Waals surface area contributed by atoms with Gasteiger partial charge < -0.3 is 20.3 Å². The van der Waals surface area contributed by atoms with Crippen molar-refractivity contribution in [1.29, 1.82) is 0 Å². The minimum atomic E-state index is -0.413. The number of aryl methyl sites for hydroxylation is 1. The fourth-order valence-electron chi connectivity index (χ4n) is 3.81. The van der Waals surface area contributed by atoms with Gasteiger partial charge in [-0.05, 0) is 42.2 Å². The number of urea groups is 1. The lowest BCUT2D eigenvalue weighted by Crippen LogP contribution is -2.44. The molecule has 2 aromatic rings. The first-order valence-electron chi connectivity index (χ1n) is 9.35. The van der Waals surface area contributed by atoms with Gasteiger partial charge in [-0.25, -0.2) is 4.79 Å². The number of ether oxygens (including phenoxy) is 1. The largest absolute Gasteiger partial charge is 0.497 e. The first-order valence-corrected chi connectivity index (χ1v) is 9.35.